The lowest BCUT2D eigenvalue weighted by atomic mass is 9.89. The summed E-state index contributed by atoms with van der Waals surface area (Å²) in [4.78, 5) is 23.2. The van der Waals surface area contributed by atoms with Crippen LogP contribution >= 0.6 is 0 Å². The van der Waals surface area contributed by atoms with E-state index in [4.69, 9.17) is 11.0 Å². The highest BCUT2D eigenvalue weighted by Crippen LogP contribution is 2.37. The topological polar surface area (TPSA) is 125 Å². The molecule has 1 fully saturated rings. The molecule has 1 saturated carbocycles. The van der Waals surface area contributed by atoms with Crippen LogP contribution in [0, 0.1) is 27.4 Å². The Morgan fingerprint density at radius 1 is 1.38 bits per heavy atom. The summed E-state index contributed by atoms with van der Waals surface area (Å²) >= 11 is 0. The zero-order valence-corrected chi connectivity index (χ0v) is 16.3. The number of nitrogens with zero attached hydrogens (tertiary/aromatic N) is 3. The van der Waals surface area contributed by atoms with Crippen LogP contribution in [0.1, 0.15) is 42.5 Å². The van der Waals surface area contributed by atoms with Gasteiger partial charge in [-0.15, -0.1) is 0 Å². The van der Waals surface area contributed by atoms with E-state index < -0.39 is 22.9 Å². The number of nitro groups is 1. The molecular weight excluding hydrogens is 391 g/mol. The number of hydrogen-bond donors (Lipinski definition) is 2. The molecule has 1 aromatic rings. The highest BCUT2D eigenvalue weighted by molar-refractivity contribution is 6.00. The second kappa shape index (κ2) is 10.5. The Bertz CT molecular complexity index is 771. The van der Waals surface area contributed by atoms with Gasteiger partial charge in [-0.05, 0) is 18.9 Å². The summed E-state index contributed by atoms with van der Waals surface area (Å²) in [6.45, 7) is 0.0290. The lowest BCUT2D eigenvalue weighted by Gasteiger charge is -2.23. The second-order valence-electron chi connectivity index (χ2n) is 6.65. The first-order chi connectivity index (χ1) is 13.5. The Kier molecular flexibility index (Phi) is 8.69. The second-order valence-corrected chi connectivity index (χ2v) is 6.65. The Hall–Kier alpha value is -3.03. The fraction of sp³-hybridized carbons (Fsp3) is 0.556. The number of carbonyl (C=O) groups excluding carboxylic acids is 1. The van der Waals surface area contributed by atoms with E-state index >= 15 is 0 Å². The summed E-state index contributed by atoms with van der Waals surface area (Å²) < 4.78 is 35.8. The van der Waals surface area contributed by atoms with Crippen molar-refractivity contribution in [3.05, 3.63) is 27.8 Å². The maximum atomic E-state index is 11.9. The first kappa shape index (κ1) is 24.0. The predicted molar refractivity (Wildman–Crippen MR) is 103 cm³/mol. The molecule has 11 heteroatoms. The molecule has 2 rings (SSSR count). The number of nitro benzene ring substituents is 1. The van der Waals surface area contributed by atoms with Crippen molar-refractivity contribution in [2.24, 2.45) is 11.7 Å². The fourth-order valence-corrected chi connectivity index (χ4v) is 3.06. The maximum Gasteiger partial charge on any atom is 0.391 e. The van der Waals surface area contributed by atoms with Gasteiger partial charge in [-0.25, -0.2) is 0 Å². The van der Waals surface area contributed by atoms with Gasteiger partial charge in [-0.2, -0.15) is 18.4 Å². The van der Waals surface area contributed by atoms with Crippen molar-refractivity contribution in [1.82, 2.24) is 0 Å². The van der Waals surface area contributed by atoms with Crippen LogP contribution in [-0.2, 0) is 0 Å². The van der Waals surface area contributed by atoms with E-state index in [9.17, 15) is 28.1 Å². The Balaban J connectivity index is 0.000000352. The summed E-state index contributed by atoms with van der Waals surface area (Å²) in [7, 11) is 3.12. The average Bonchev–Trinajstić information content (AvgIpc) is 2.67. The largest absolute Gasteiger partial charge is 0.391 e. The summed E-state index contributed by atoms with van der Waals surface area (Å²) in [5.74, 6) is -1.79. The number of primary amides is 1. The summed E-state index contributed by atoms with van der Waals surface area (Å²) in [6.07, 6.45) is -0.742. The van der Waals surface area contributed by atoms with E-state index in [1.165, 1.54) is 18.0 Å². The quantitative estimate of drug-likeness (QED) is 0.428. The number of benzene rings is 1. The van der Waals surface area contributed by atoms with Crippen LogP contribution in [0.2, 0.25) is 0 Å². The number of carbonyl (C=O) groups is 1. The number of rotatable bonds is 5. The molecule has 0 spiro atoms. The van der Waals surface area contributed by atoms with Crippen molar-refractivity contribution in [3.8, 4) is 6.07 Å². The van der Waals surface area contributed by atoms with Crippen LogP contribution in [0.3, 0.4) is 0 Å². The Morgan fingerprint density at radius 3 is 2.34 bits per heavy atom. The van der Waals surface area contributed by atoms with Crippen molar-refractivity contribution in [2.75, 3.05) is 30.9 Å². The third kappa shape index (κ3) is 6.81. The number of halogens is 3. The molecule has 8 nitrogen and oxygen atoms in total. The third-order valence-electron chi connectivity index (χ3n) is 4.63. The smallest absolute Gasteiger partial charge is 0.383 e. The van der Waals surface area contributed by atoms with Gasteiger partial charge in [-0.1, -0.05) is 19.3 Å². The number of nitriles is 1. The van der Waals surface area contributed by atoms with Gasteiger partial charge in [0.25, 0.3) is 11.6 Å². The van der Waals surface area contributed by atoms with Gasteiger partial charge >= 0.3 is 6.18 Å². The molecule has 1 aromatic carbocycles. The summed E-state index contributed by atoms with van der Waals surface area (Å²) in [5.41, 5.74) is 5.59. The van der Waals surface area contributed by atoms with E-state index in [-0.39, 0.29) is 23.5 Å². The van der Waals surface area contributed by atoms with Gasteiger partial charge in [0.15, 0.2) is 0 Å². The molecule has 1 amide bonds. The van der Waals surface area contributed by atoms with Crippen LogP contribution in [0.5, 0.6) is 0 Å². The number of alkyl halides is 3. The maximum absolute atomic E-state index is 11.9. The van der Waals surface area contributed by atoms with Gasteiger partial charge in [-0.3, -0.25) is 14.9 Å². The highest BCUT2D eigenvalue weighted by Gasteiger charge is 2.39. The fourth-order valence-electron chi connectivity index (χ4n) is 3.06. The number of nitrogens with one attached hydrogen (secondary N) is 1. The molecule has 1 aliphatic carbocycles. The van der Waals surface area contributed by atoms with Crippen molar-refractivity contribution >= 4 is 23.0 Å². The molecule has 0 atom stereocenters. The third-order valence-corrected chi connectivity index (χ3v) is 4.63. The predicted octanol–water partition coefficient (Wildman–Crippen LogP) is 3.82. The van der Waals surface area contributed by atoms with Crippen LogP contribution < -0.4 is 16.0 Å². The molecule has 29 heavy (non-hydrogen) atoms. The van der Waals surface area contributed by atoms with E-state index in [0.717, 1.165) is 25.3 Å². The molecule has 0 saturated heterocycles. The Morgan fingerprint density at radius 2 is 1.97 bits per heavy atom. The zero-order chi connectivity index (χ0) is 22.2. The minimum absolute atomic E-state index is 0.00319. The molecule has 0 radical (unpaired) electrons. The number of nitrogens with two attached hydrogens (primary N) is 1. The lowest BCUT2D eigenvalue weighted by Crippen LogP contribution is -2.24. The molecule has 0 bridgehead atoms. The minimum atomic E-state index is -3.93. The standard InChI is InChI=1S/C11H13N5O3.C7H11F3/c1-14-8-6-9(15(2)4-3-12)7(11(13)17)5-10(8)16(18)19;8-7(9,10)6-4-2-1-3-5-6/h5-6,14H,4H2,1-2H3,(H2,13,17);6H,1-5H2. The highest BCUT2D eigenvalue weighted by atomic mass is 19.4. The normalized spacial score (nSPS) is 14.2. The van der Waals surface area contributed by atoms with E-state index in [0.29, 0.717) is 18.5 Å². The van der Waals surface area contributed by atoms with Crippen LogP contribution in [0.4, 0.5) is 30.2 Å². The molecule has 0 aromatic heterocycles. The van der Waals surface area contributed by atoms with Gasteiger partial charge in [0.1, 0.15) is 12.2 Å². The number of anilines is 2. The van der Waals surface area contributed by atoms with Gasteiger partial charge < -0.3 is 16.0 Å². The van der Waals surface area contributed by atoms with Crippen molar-refractivity contribution < 1.29 is 22.9 Å². The molecule has 1 aliphatic rings. The first-order valence-electron chi connectivity index (χ1n) is 8.97. The molecular formula is C18H24F3N5O3. The van der Waals surface area contributed by atoms with E-state index in [1.807, 2.05) is 6.07 Å². The van der Waals surface area contributed by atoms with Gasteiger partial charge in [0, 0.05) is 20.2 Å². The zero-order valence-electron chi connectivity index (χ0n) is 16.3. The Labute approximate surface area is 166 Å². The average molecular weight is 415 g/mol. The van der Waals surface area contributed by atoms with E-state index in [1.54, 1.807) is 7.05 Å². The van der Waals surface area contributed by atoms with E-state index in [2.05, 4.69) is 5.32 Å². The molecule has 0 unspecified atom stereocenters. The van der Waals surface area contributed by atoms with Crippen molar-refractivity contribution in [2.45, 2.75) is 38.3 Å². The summed E-state index contributed by atoms with van der Waals surface area (Å²) in [5, 5.41) is 22.3. The van der Waals surface area contributed by atoms with Crippen LogP contribution in [-0.4, -0.2) is 37.6 Å². The van der Waals surface area contributed by atoms with Crippen LogP contribution in [0.25, 0.3) is 0 Å². The minimum Gasteiger partial charge on any atom is -0.383 e. The summed E-state index contributed by atoms with van der Waals surface area (Å²) in [6, 6.07) is 4.46. The van der Waals surface area contributed by atoms with Gasteiger partial charge in [0.05, 0.1) is 28.2 Å². The molecule has 0 heterocycles. The van der Waals surface area contributed by atoms with Gasteiger partial charge in [0.2, 0.25) is 0 Å². The SMILES string of the molecule is CNc1cc(N(C)CC#N)c(C(N)=O)cc1[N+](=O)[O-].FC(F)(F)C1CCCCC1. The molecule has 3 N–H and O–H groups in total. The van der Waals surface area contributed by atoms with Crippen LogP contribution in [0.15, 0.2) is 12.1 Å². The number of amides is 1. The molecule has 160 valence electrons. The monoisotopic (exact) mass is 415 g/mol. The van der Waals surface area contributed by atoms with Crippen molar-refractivity contribution in [3.63, 3.8) is 0 Å². The lowest BCUT2D eigenvalue weighted by molar-refractivity contribution is -0.383. The first-order valence-corrected chi connectivity index (χ1v) is 8.97. The molecule has 0 aliphatic heterocycles. The van der Waals surface area contributed by atoms with Crippen molar-refractivity contribution in [1.29, 1.82) is 5.26 Å². The number of hydrogen-bond acceptors (Lipinski definition) is 6.